The molecule has 0 aliphatic carbocycles. The Balaban J connectivity index is 1.40. The van der Waals surface area contributed by atoms with E-state index in [1.54, 1.807) is 48.5 Å². The molecule has 0 bridgehead atoms. The molecule has 46 heavy (non-hydrogen) atoms. The molecular formula is C41H48O5. The van der Waals surface area contributed by atoms with Gasteiger partial charge in [-0.1, -0.05) is 78.8 Å². The van der Waals surface area contributed by atoms with Gasteiger partial charge in [-0.25, -0.2) is 9.59 Å². The first kappa shape index (κ1) is 34.5. The molecule has 0 radical (unpaired) electrons. The van der Waals surface area contributed by atoms with E-state index in [4.69, 9.17) is 14.2 Å². The summed E-state index contributed by atoms with van der Waals surface area (Å²) in [5, 5.41) is 0. The van der Waals surface area contributed by atoms with Crippen molar-refractivity contribution in [3.8, 4) is 17.2 Å². The van der Waals surface area contributed by atoms with Crippen LogP contribution in [0.4, 0.5) is 0 Å². The summed E-state index contributed by atoms with van der Waals surface area (Å²) in [5.41, 5.74) is 6.21. The van der Waals surface area contributed by atoms with E-state index in [1.165, 1.54) is 16.7 Å². The SMILES string of the molecule is CCC(C)(CC)OC(=O)c1ccc(Oc2ccc(C(=O)Oc3ccc(C(C)(C)c4ccc(C(C)(C)C)c(C)c4)cc3C)cc2)cc1. The highest BCUT2D eigenvalue weighted by Gasteiger charge is 2.27. The van der Waals surface area contributed by atoms with Crippen LogP contribution < -0.4 is 9.47 Å². The summed E-state index contributed by atoms with van der Waals surface area (Å²) in [5.74, 6) is 0.865. The lowest BCUT2D eigenvalue weighted by molar-refractivity contribution is -0.0131. The summed E-state index contributed by atoms with van der Waals surface area (Å²) >= 11 is 0. The second-order valence-electron chi connectivity index (χ2n) is 14.0. The predicted octanol–water partition coefficient (Wildman–Crippen LogP) is 10.7. The van der Waals surface area contributed by atoms with Crippen molar-refractivity contribution in [2.24, 2.45) is 0 Å². The van der Waals surface area contributed by atoms with Gasteiger partial charge >= 0.3 is 11.9 Å². The van der Waals surface area contributed by atoms with Gasteiger partial charge in [0.05, 0.1) is 11.1 Å². The zero-order valence-electron chi connectivity index (χ0n) is 29.0. The fourth-order valence-electron chi connectivity index (χ4n) is 5.50. The molecule has 4 rings (SSSR count). The molecule has 0 atom stereocenters. The third-order valence-corrected chi connectivity index (χ3v) is 9.11. The van der Waals surface area contributed by atoms with E-state index in [2.05, 4.69) is 65.8 Å². The van der Waals surface area contributed by atoms with Crippen LogP contribution in [0, 0.1) is 13.8 Å². The van der Waals surface area contributed by atoms with Crippen molar-refractivity contribution < 1.29 is 23.8 Å². The molecule has 0 aromatic heterocycles. The Kier molecular flexibility index (Phi) is 10.2. The van der Waals surface area contributed by atoms with Crippen LogP contribution in [0.3, 0.4) is 0 Å². The van der Waals surface area contributed by atoms with Crippen molar-refractivity contribution in [1.82, 2.24) is 0 Å². The predicted molar refractivity (Wildman–Crippen MR) is 186 cm³/mol. The number of esters is 2. The Morgan fingerprint density at radius 2 is 1.09 bits per heavy atom. The van der Waals surface area contributed by atoms with Crippen molar-refractivity contribution in [1.29, 1.82) is 0 Å². The van der Waals surface area contributed by atoms with Gasteiger partial charge in [0.2, 0.25) is 0 Å². The molecule has 0 fully saturated rings. The van der Waals surface area contributed by atoms with E-state index in [9.17, 15) is 9.59 Å². The standard InChI is InChI=1S/C41H48O5/c1-11-41(10,12-2)46-38(43)30-15-21-34(22-16-30)44-33-19-13-29(14-20-33)37(42)45-36-24-18-32(26-28(36)4)40(8,9)31-17-23-35(27(3)25-31)39(5,6)7/h13-26H,11-12H2,1-10H3. The molecule has 0 saturated heterocycles. The Morgan fingerprint density at radius 1 is 0.609 bits per heavy atom. The minimum Gasteiger partial charge on any atom is -0.457 e. The van der Waals surface area contributed by atoms with Crippen molar-refractivity contribution in [3.05, 3.63) is 124 Å². The lowest BCUT2D eigenvalue weighted by atomic mass is 9.75. The van der Waals surface area contributed by atoms with Crippen LogP contribution in [0.25, 0.3) is 0 Å². The van der Waals surface area contributed by atoms with Gasteiger partial charge < -0.3 is 14.2 Å². The van der Waals surface area contributed by atoms with Crippen molar-refractivity contribution >= 4 is 11.9 Å². The van der Waals surface area contributed by atoms with E-state index < -0.39 is 11.6 Å². The van der Waals surface area contributed by atoms with E-state index in [1.807, 2.05) is 39.8 Å². The molecule has 5 heteroatoms. The molecule has 0 saturated carbocycles. The molecule has 0 unspecified atom stereocenters. The number of carbonyl (C=O) groups is 2. The summed E-state index contributed by atoms with van der Waals surface area (Å²) in [4.78, 5) is 25.6. The van der Waals surface area contributed by atoms with E-state index in [0.717, 1.165) is 24.0 Å². The average Bonchev–Trinajstić information content (AvgIpc) is 3.01. The van der Waals surface area contributed by atoms with Crippen LogP contribution in [0.15, 0.2) is 84.9 Å². The first-order chi connectivity index (χ1) is 21.6. The summed E-state index contributed by atoms with van der Waals surface area (Å²) in [7, 11) is 0. The van der Waals surface area contributed by atoms with Gasteiger partial charge in [-0.05, 0) is 121 Å². The molecular weight excluding hydrogens is 572 g/mol. The fourth-order valence-corrected chi connectivity index (χ4v) is 5.50. The molecule has 5 nitrogen and oxygen atoms in total. The van der Waals surface area contributed by atoms with Gasteiger partial charge in [0.25, 0.3) is 0 Å². The molecule has 242 valence electrons. The van der Waals surface area contributed by atoms with Crippen LogP contribution in [-0.4, -0.2) is 17.5 Å². The van der Waals surface area contributed by atoms with Gasteiger partial charge in [-0.15, -0.1) is 0 Å². The Labute approximate surface area is 274 Å². The second-order valence-corrected chi connectivity index (χ2v) is 14.0. The van der Waals surface area contributed by atoms with Crippen LogP contribution in [0.5, 0.6) is 17.2 Å². The fraction of sp³-hybridized carbons (Fsp3) is 0.366. The zero-order chi connectivity index (χ0) is 33.9. The number of carbonyl (C=O) groups excluding carboxylic acids is 2. The van der Waals surface area contributed by atoms with Crippen LogP contribution in [0.1, 0.15) is 117 Å². The summed E-state index contributed by atoms with van der Waals surface area (Å²) < 4.78 is 17.4. The molecule has 4 aromatic carbocycles. The number of ether oxygens (including phenoxy) is 3. The number of hydrogen-bond donors (Lipinski definition) is 0. The van der Waals surface area contributed by atoms with Crippen LogP contribution in [-0.2, 0) is 15.6 Å². The minimum absolute atomic E-state index is 0.0957. The molecule has 4 aromatic rings. The number of benzene rings is 4. The Hall–Kier alpha value is -4.38. The highest BCUT2D eigenvalue weighted by atomic mass is 16.6. The third-order valence-electron chi connectivity index (χ3n) is 9.11. The molecule has 0 amide bonds. The van der Waals surface area contributed by atoms with Crippen molar-refractivity contribution in [2.45, 2.75) is 98.5 Å². The smallest absolute Gasteiger partial charge is 0.343 e. The Bertz CT molecular complexity index is 1680. The molecule has 0 N–H and O–H groups in total. The second kappa shape index (κ2) is 13.5. The Morgan fingerprint density at radius 3 is 1.54 bits per heavy atom. The molecule has 0 aliphatic heterocycles. The summed E-state index contributed by atoms with van der Waals surface area (Å²) in [6, 6.07) is 26.4. The average molecular weight is 621 g/mol. The minimum atomic E-state index is -0.479. The maximum atomic E-state index is 13.0. The van der Waals surface area contributed by atoms with Gasteiger partial charge in [-0.2, -0.15) is 0 Å². The van der Waals surface area contributed by atoms with Crippen LogP contribution >= 0.6 is 0 Å². The lowest BCUT2D eigenvalue weighted by Crippen LogP contribution is -2.30. The summed E-state index contributed by atoms with van der Waals surface area (Å²) in [6.45, 7) is 21.3. The molecule has 0 spiro atoms. The number of hydrogen-bond acceptors (Lipinski definition) is 5. The summed E-state index contributed by atoms with van der Waals surface area (Å²) in [6.07, 6.45) is 1.49. The zero-order valence-corrected chi connectivity index (χ0v) is 29.0. The van der Waals surface area contributed by atoms with E-state index in [-0.39, 0.29) is 16.8 Å². The normalized spacial score (nSPS) is 12.0. The molecule has 0 aliphatic rings. The number of rotatable bonds is 10. The first-order valence-electron chi connectivity index (χ1n) is 16.1. The van der Waals surface area contributed by atoms with Gasteiger partial charge in [0.15, 0.2) is 0 Å². The maximum absolute atomic E-state index is 13.0. The largest absolute Gasteiger partial charge is 0.457 e. The highest BCUT2D eigenvalue weighted by Crippen LogP contribution is 2.37. The van der Waals surface area contributed by atoms with Crippen LogP contribution in [0.2, 0.25) is 0 Å². The van der Waals surface area contributed by atoms with E-state index in [0.29, 0.717) is 28.4 Å². The quantitative estimate of drug-likeness (QED) is 0.130. The monoisotopic (exact) mass is 620 g/mol. The van der Waals surface area contributed by atoms with Crippen molar-refractivity contribution in [3.63, 3.8) is 0 Å². The van der Waals surface area contributed by atoms with E-state index >= 15 is 0 Å². The van der Waals surface area contributed by atoms with Gasteiger partial charge in [0.1, 0.15) is 22.8 Å². The van der Waals surface area contributed by atoms with Gasteiger partial charge in [0, 0.05) is 5.41 Å². The van der Waals surface area contributed by atoms with Gasteiger partial charge in [-0.3, -0.25) is 0 Å². The lowest BCUT2D eigenvalue weighted by Gasteiger charge is -2.29. The molecule has 0 heterocycles. The topological polar surface area (TPSA) is 61.8 Å². The third kappa shape index (κ3) is 7.88. The number of aryl methyl sites for hydroxylation is 2. The van der Waals surface area contributed by atoms with Crippen molar-refractivity contribution in [2.75, 3.05) is 0 Å². The first-order valence-corrected chi connectivity index (χ1v) is 16.1. The maximum Gasteiger partial charge on any atom is 0.343 e. The highest BCUT2D eigenvalue weighted by molar-refractivity contribution is 5.91.